The topological polar surface area (TPSA) is 92.5 Å². The molecule has 1 aromatic carbocycles. The molecule has 6 heteroatoms. The number of carbonyl (C=O) groups is 1. The fourth-order valence-corrected chi connectivity index (χ4v) is 1.88. The fourth-order valence-electron chi connectivity index (χ4n) is 1.88. The molecule has 2 atom stereocenters. The molecule has 104 valence electrons. The molecule has 2 N–H and O–H groups in total. The van der Waals surface area contributed by atoms with Gasteiger partial charge in [0.25, 0.3) is 11.6 Å². The van der Waals surface area contributed by atoms with E-state index in [0.717, 1.165) is 0 Å². The first-order valence-corrected chi connectivity index (χ1v) is 6.05. The smallest absolute Gasteiger partial charge is 0.272 e. The normalized spacial score (nSPS) is 13.7. The Balaban J connectivity index is 2.78. The summed E-state index contributed by atoms with van der Waals surface area (Å²) in [6.07, 6.45) is -0.0357. The molecule has 0 spiro atoms. The van der Waals surface area contributed by atoms with Gasteiger partial charge in [0, 0.05) is 23.2 Å². The number of carbonyl (C=O) groups excluding carboxylic acids is 1. The van der Waals surface area contributed by atoms with Crippen LogP contribution < -0.4 is 5.32 Å². The van der Waals surface area contributed by atoms with Gasteiger partial charge in [0.1, 0.15) is 0 Å². The van der Waals surface area contributed by atoms with Gasteiger partial charge >= 0.3 is 0 Å². The summed E-state index contributed by atoms with van der Waals surface area (Å²) in [7, 11) is 0. The molecule has 0 bridgehead atoms. The van der Waals surface area contributed by atoms with Crippen molar-refractivity contribution >= 4 is 11.6 Å². The zero-order valence-corrected chi connectivity index (χ0v) is 11.2. The highest BCUT2D eigenvalue weighted by molar-refractivity contribution is 5.94. The van der Waals surface area contributed by atoms with Crippen LogP contribution in [0.4, 0.5) is 5.69 Å². The van der Waals surface area contributed by atoms with Gasteiger partial charge in [-0.15, -0.1) is 0 Å². The van der Waals surface area contributed by atoms with Crippen molar-refractivity contribution in [2.45, 2.75) is 39.3 Å². The zero-order valence-electron chi connectivity index (χ0n) is 11.2. The third-order valence-electron chi connectivity index (χ3n) is 2.73. The minimum Gasteiger partial charge on any atom is -0.393 e. The number of rotatable bonds is 5. The second kappa shape index (κ2) is 6.29. The first-order valence-electron chi connectivity index (χ1n) is 6.05. The summed E-state index contributed by atoms with van der Waals surface area (Å²) in [6, 6.07) is 4.07. The molecule has 2 unspecified atom stereocenters. The van der Waals surface area contributed by atoms with Crippen molar-refractivity contribution in [2.75, 3.05) is 0 Å². The summed E-state index contributed by atoms with van der Waals surface area (Å²) in [6.45, 7) is 5.04. The molecule has 0 aliphatic rings. The van der Waals surface area contributed by atoms with E-state index in [0.29, 0.717) is 17.5 Å². The van der Waals surface area contributed by atoms with Crippen molar-refractivity contribution in [2.24, 2.45) is 0 Å². The molecule has 0 radical (unpaired) electrons. The van der Waals surface area contributed by atoms with Crippen LogP contribution in [-0.4, -0.2) is 28.1 Å². The molecule has 1 rings (SSSR count). The Hall–Kier alpha value is -1.95. The van der Waals surface area contributed by atoms with Crippen molar-refractivity contribution < 1.29 is 14.8 Å². The van der Waals surface area contributed by atoms with Gasteiger partial charge in [-0.3, -0.25) is 14.9 Å². The second-order valence-electron chi connectivity index (χ2n) is 4.72. The van der Waals surface area contributed by atoms with Crippen LogP contribution in [0.3, 0.4) is 0 Å². The lowest BCUT2D eigenvalue weighted by atomic mass is 10.1. The van der Waals surface area contributed by atoms with Crippen LogP contribution in [-0.2, 0) is 0 Å². The number of nitro groups is 1. The molecule has 0 aliphatic carbocycles. The van der Waals surface area contributed by atoms with E-state index in [1.165, 1.54) is 18.2 Å². The number of aryl methyl sites for hydroxylation is 1. The van der Waals surface area contributed by atoms with Gasteiger partial charge < -0.3 is 10.4 Å². The Morgan fingerprint density at radius 1 is 1.47 bits per heavy atom. The molecular weight excluding hydrogens is 248 g/mol. The van der Waals surface area contributed by atoms with Gasteiger partial charge in [-0.2, -0.15) is 0 Å². The van der Waals surface area contributed by atoms with Crippen molar-refractivity contribution in [1.29, 1.82) is 0 Å². The van der Waals surface area contributed by atoms with Crippen LogP contribution in [0.2, 0.25) is 0 Å². The Kier molecular flexibility index (Phi) is 5.00. The van der Waals surface area contributed by atoms with E-state index in [1.807, 2.05) is 0 Å². The standard InChI is InChI=1S/C13H18N2O4/c1-8-6-11(4-5-12(8)15(18)19)13(17)14-9(2)7-10(3)16/h4-6,9-10,16H,7H2,1-3H3,(H,14,17). The number of aliphatic hydroxyl groups excluding tert-OH is 1. The first-order chi connectivity index (χ1) is 8.81. The van der Waals surface area contributed by atoms with Gasteiger partial charge in [-0.25, -0.2) is 0 Å². The highest BCUT2D eigenvalue weighted by atomic mass is 16.6. The van der Waals surface area contributed by atoms with Crippen LogP contribution in [0.25, 0.3) is 0 Å². The van der Waals surface area contributed by atoms with Crippen LogP contribution in [0, 0.1) is 17.0 Å². The van der Waals surface area contributed by atoms with E-state index in [9.17, 15) is 20.0 Å². The minimum absolute atomic E-state index is 0.00595. The van der Waals surface area contributed by atoms with E-state index < -0.39 is 11.0 Å². The van der Waals surface area contributed by atoms with E-state index in [2.05, 4.69) is 5.32 Å². The van der Waals surface area contributed by atoms with Gasteiger partial charge in [-0.05, 0) is 39.3 Å². The van der Waals surface area contributed by atoms with E-state index >= 15 is 0 Å². The maximum Gasteiger partial charge on any atom is 0.272 e. The lowest BCUT2D eigenvalue weighted by Crippen LogP contribution is -2.34. The van der Waals surface area contributed by atoms with Crippen molar-refractivity contribution in [3.05, 3.63) is 39.4 Å². The molecule has 1 amide bonds. The van der Waals surface area contributed by atoms with E-state index in [-0.39, 0.29) is 17.6 Å². The lowest BCUT2D eigenvalue weighted by Gasteiger charge is -2.15. The second-order valence-corrected chi connectivity index (χ2v) is 4.72. The number of nitrogens with one attached hydrogen (secondary N) is 1. The van der Waals surface area contributed by atoms with Gasteiger partial charge in [-0.1, -0.05) is 0 Å². The monoisotopic (exact) mass is 266 g/mol. The largest absolute Gasteiger partial charge is 0.393 e. The van der Waals surface area contributed by atoms with Crippen molar-refractivity contribution in [1.82, 2.24) is 5.32 Å². The van der Waals surface area contributed by atoms with Crippen molar-refractivity contribution in [3.63, 3.8) is 0 Å². The first kappa shape index (κ1) is 15.1. The predicted octanol–water partition coefficient (Wildman–Crippen LogP) is 1.79. The average molecular weight is 266 g/mol. The maximum atomic E-state index is 11.9. The Labute approximate surface area is 111 Å². The fraction of sp³-hybridized carbons (Fsp3) is 0.462. The number of aliphatic hydroxyl groups is 1. The van der Waals surface area contributed by atoms with Gasteiger partial charge in [0.15, 0.2) is 0 Å². The lowest BCUT2D eigenvalue weighted by molar-refractivity contribution is -0.385. The van der Waals surface area contributed by atoms with Crippen LogP contribution in [0.15, 0.2) is 18.2 Å². The number of benzene rings is 1. The average Bonchev–Trinajstić information content (AvgIpc) is 2.26. The van der Waals surface area contributed by atoms with Crippen LogP contribution >= 0.6 is 0 Å². The number of amides is 1. The van der Waals surface area contributed by atoms with E-state index in [1.54, 1.807) is 20.8 Å². The Bertz CT molecular complexity index is 486. The Morgan fingerprint density at radius 3 is 2.58 bits per heavy atom. The van der Waals surface area contributed by atoms with Crippen molar-refractivity contribution in [3.8, 4) is 0 Å². The highest BCUT2D eigenvalue weighted by Gasteiger charge is 2.15. The molecule has 0 heterocycles. The highest BCUT2D eigenvalue weighted by Crippen LogP contribution is 2.18. The Morgan fingerprint density at radius 2 is 2.11 bits per heavy atom. The molecular formula is C13H18N2O4. The maximum absolute atomic E-state index is 11.9. The summed E-state index contributed by atoms with van der Waals surface area (Å²) in [5.74, 6) is -0.300. The molecule has 0 saturated carbocycles. The number of nitrogens with zero attached hydrogens (tertiary/aromatic N) is 1. The van der Waals surface area contributed by atoms with Gasteiger partial charge in [0.2, 0.25) is 0 Å². The SMILES string of the molecule is Cc1cc(C(=O)NC(C)CC(C)O)ccc1[N+](=O)[O-]. The predicted molar refractivity (Wildman–Crippen MR) is 71.1 cm³/mol. The molecule has 0 fully saturated rings. The van der Waals surface area contributed by atoms with Gasteiger partial charge in [0.05, 0.1) is 11.0 Å². The molecule has 6 nitrogen and oxygen atoms in total. The minimum atomic E-state index is -0.492. The summed E-state index contributed by atoms with van der Waals surface area (Å²) >= 11 is 0. The number of nitro benzene ring substituents is 1. The summed E-state index contributed by atoms with van der Waals surface area (Å²) in [4.78, 5) is 22.1. The summed E-state index contributed by atoms with van der Waals surface area (Å²) in [5.41, 5.74) is 0.815. The molecule has 0 aromatic heterocycles. The zero-order chi connectivity index (χ0) is 14.6. The third-order valence-corrected chi connectivity index (χ3v) is 2.73. The number of hydrogen-bond donors (Lipinski definition) is 2. The molecule has 1 aromatic rings. The molecule has 0 saturated heterocycles. The molecule has 0 aliphatic heterocycles. The number of hydrogen-bond acceptors (Lipinski definition) is 4. The third kappa shape index (κ3) is 4.33. The summed E-state index contributed by atoms with van der Waals surface area (Å²) < 4.78 is 0. The summed E-state index contributed by atoms with van der Waals surface area (Å²) in [5, 5.41) is 22.6. The van der Waals surface area contributed by atoms with Crippen LogP contribution in [0.5, 0.6) is 0 Å². The quantitative estimate of drug-likeness (QED) is 0.627. The van der Waals surface area contributed by atoms with Crippen LogP contribution in [0.1, 0.15) is 36.2 Å². The van der Waals surface area contributed by atoms with E-state index in [4.69, 9.17) is 0 Å². The molecule has 19 heavy (non-hydrogen) atoms.